The summed E-state index contributed by atoms with van der Waals surface area (Å²) in [4.78, 5) is 12.0. The lowest BCUT2D eigenvalue weighted by Gasteiger charge is -2.15. The van der Waals surface area contributed by atoms with Gasteiger partial charge < -0.3 is 15.2 Å². The molecule has 0 heterocycles. The fourth-order valence-corrected chi connectivity index (χ4v) is 4.06. The molecular weight excluding hydrogens is 464 g/mol. The second-order valence-electron chi connectivity index (χ2n) is 5.79. The van der Waals surface area contributed by atoms with Crippen LogP contribution in [0.2, 0.25) is 0 Å². The third-order valence-corrected chi connectivity index (χ3v) is 5.76. The van der Waals surface area contributed by atoms with Crippen LogP contribution in [-0.4, -0.2) is 43.7 Å². The zero-order valence-electron chi connectivity index (χ0n) is 15.4. The van der Waals surface area contributed by atoms with Crippen LogP contribution in [0.25, 0.3) is 0 Å². The molecule has 0 bridgehead atoms. The highest BCUT2D eigenvalue weighted by molar-refractivity contribution is 9.10. The number of carbonyl (C=O) groups excluding carboxylic acids is 1. The molecule has 29 heavy (non-hydrogen) atoms. The Kier molecular flexibility index (Phi) is 8.04. The zero-order chi connectivity index (χ0) is 21.4. The van der Waals surface area contributed by atoms with Gasteiger partial charge in [0.25, 0.3) is 5.91 Å². The molecule has 0 saturated carbocycles. The molecule has 0 spiro atoms. The summed E-state index contributed by atoms with van der Waals surface area (Å²) < 4.78 is 31.2. The topological polar surface area (TPSA) is 125 Å². The van der Waals surface area contributed by atoms with E-state index in [1.165, 1.54) is 30.3 Å². The molecule has 2 aromatic rings. The quantitative estimate of drug-likeness (QED) is 0.270. The van der Waals surface area contributed by atoms with E-state index in [0.29, 0.717) is 21.5 Å². The zero-order valence-corrected chi connectivity index (χ0v) is 17.8. The summed E-state index contributed by atoms with van der Waals surface area (Å²) in [5.74, 6) is 4.25. The van der Waals surface area contributed by atoms with Gasteiger partial charge in [-0.05, 0) is 48.9 Å². The number of benzene rings is 2. The van der Waals surface area contributed by atoms with E-state index in [1.807, 2.05) is 0 Å². The van der Waals surface area contributed by atoms with Gasteiger partial charge in [0.15, 0.2) is 9.84 Å². The van der Waals surface area contributed by atoms with Gasteiger partial charge in [0.2, 0.25) is 0 Å². The highest BCUT2D eigenvalue weighted by Crippen LogP contribution is 2.27. The first-order valence-electron chi connectivity index (χ1n) is 8.29. The number of aliphatic hydroxyl groups excluding tert-OH is 1. The maximum Gasteiger partial charge on any atom is 0.276 e. The van der Waals surface area contributed by atoms with Crippen LogP contribution in [-0.2, 0) is 9.84 Å². The highest BCUT2D eigenvalue weighted by Gasteiger charge is 2.19. The number of hydrogen-bond acceptors (Lipinski definition) is 7. The van der Waals surface area contributed by atoms with Crippen molar-refractivity contribution in [1.82, 2.24) is 5.48 Å². The molecule has 154 valence electrons. The molecule has 0 unspecified atom stereocenters. The van der Waals surface area contributed by atoms with Crippen LogP contribution < -0.4 is 15.5 Å². The third-order valence-electron chi connectivity index (χ3n) is 3.78. The number of hydroxylamine groups is 1. The first-order valence-corrected chi connectivity index (χ1v) is 10.7. The second-order valence-corrected chi connectivity index (χ2v) is 8.70. The van der Waals surface area contributed by atoms with Crippen molar-refractivity contribution in [2.24, 2.45) is 0 Å². The molecule has 8 nitrogen and oxygen atoms in total. The fourth-order valence-electron chi connectivity index (χ4n) is 2.44. The van der Waals surface area contributed by atoms with Gasteiger partial charge in [0, 0.05) is 4.47 Å². The normalized spacial score (nSPS) is 10.6. The number of carbonyl (C=O) groups is 1. The number of amides is 1. The van der Waals surface area contributed by atoms with E-state index in [2.05, 4.69) is 33.1 Å². The van der Waals surface area contributed by atoms with E-state index < -0.39 is 21.6 Å². The van der Waals surface area contributed by atoms with Gasteiger partial charge in [-0.2, -0.15) is 0 Å². The van der Waals surface area contributed by atoms with Gasteiger partial charge in [-0.25, -0.2) is 13.9 Å². The molecule has 0 aromatic heterocycles. The van der Waals surface area contributed by atoms with Crippen LogP contribution in [0, 0.1) is 18.8 Å². The van der Waals surface area contributed by atoms with Crippen molar-refractivity contribution in [2.75, 3.05) is 24.4 Å². The van der Waals surface area contributed by atoms with Crippen LogP contribution in [0.3, 0.4) is 0 Å². The summed E-state index contributed by atoms with van der Waals surface area (Å²) >= 11 is 3.26. The Morgan fingerprint density at radius 1 is 1.21 bits per heavy atom. The van der Waals surface area contributed by atoms with Crippen LogP contribution in [0.15, 0.2) is 45.8 Å². The number of aliphatic hydroxyl groups is 1. The molecule has 0 atom stereocenters. The molecule has 10 heteroatoms. The Morgan fingerprint density at radius 2 is 1.90 bits per heavy atom. The molecule has 0 fully saturated rings. The summed E-state index contributed by atoms with van der Waals surface area (Å²) in [5, 5.41) is 20.3. The Hall–Kier alpha value is -2.58. The van der Waals surface area contributed by atoms with Crippen LogP contribution in [0.4, 0.5) is 5.69 Å². The van der Waals surface area contributed by atoms with Crippen molar-refractivity contribution in [3.8, 4) is 17.6 Å². The van der Waals surface area contributed by atoms with Gasteiger partial charge in [0.05, 0.1) is 16.1 Å². The molecular formula is C19H19BrN2O6S. The summed E-state index contributed by atoms with van der Waals surface area (Å²) in [5.41, 5.74) is 2.57. The van der Waals surface area contributed by atoms with Gasteiger partial charge in [-0.1, -0.05) is 27.8 Å². The summed E-state index contributed by atoms with van der Waals surface area (Å²) in [7, 11) is -3.71. The Bertz CT molecular complexity index is 1040. The van der Waals surface area contributed by atoms with Crippen molar-refractivity contribution in [1.29, 1.82) is 0 Å². The van der Waals surface area contributed by atoms with Crippen LogP contribution >= 0.6 is 15.9 Å². The minimum atomic E-state index is -3.71. The lowest BCUT2D eigenvalue weighted by molar-refractivity contribution is 0.0707. The second kappa shape index (κ2) is 10.3. The van der Waals surface area contributed by atoms with Gasteiger partial charge in [-0.15, -0.1) is 0 Å². The van der Waals surface area contributed by atoms with Gasteiger partial charge in [-0.3, -0.25) is 10.0 Å². The maximum absolute atomic E-state index is 12.6. The van der Waals surface area contributed by atoms with Crippen molar-refractivity contribution >= 4 is 37.4 Å². The minimum Gasteiger partial charge on any atom is -0.481 e. The predicted molar refractivity (Wildman–Crippen MR) is 111 cm³/mol. The van der Waals surface area contributed by atoms with Crippen LogP contribution in [0.1, 0.15) is 15.9 Å². The SMILES string of the molecule is Cc1cc(Br)cc(C(=O)NO)c1NCS(=O)(=O)c1ccc(OCC#CCO)cc1. The Morgan fingerprint density at radius 3 is 2.52 bits per heavy atom. The van der Waals surface area contributed by atoms with E-state index in [0.717, 1.165) is 0 Å². The lowest BCUT2D eigenvalue weighted by atomic mass is 10.1. The predicted octanol–water partition coefficient (Wildman–Crippen LogP) is 2.09. The number of sulfone groups is 1. The maximum atomic E-state index is 12.6. The van der Waals surface area contributed by atoms with E-state index >= 15 is 0 Å². The van der Waals surface area contributed by atoms with E-state index in [-0.39, 0.29) is 23.7 Å². The first-order chi connectivity index (χ1) is 13.8. The van der Waals surface area contributed by atoms with Gasteiger partial charge >= 0.3 is 0 Å². The molecule has 1 amide bonds. The van der Waals surface area contributed by atoms with Crippen LogP contribution in [0.5, 0.6) is 5.75 Å². The van der Waals surface area contributed by atoms with E-state index in [4.69, 9.17) is 15.1 Å². The third kappa shape index (κ3) is 6.20. The first kappa shape index (κ1) is 22.7. The van der Waals surface area contributed by atoms with Crippen molar-refractivity contribution in [3.05, 3.63) is 52.0 Å². The number of aryl methyl sites for hydroxylation is 1. The number of anilines is 1. The fraction of sp³-hybridized carbons (Fsp3) is 0.211. The van der Waals surface area contributed by atoms with Crippen molar-refractivity contribution < 1.29 is 28.3 Å². The smallest absolute Gasteiger partial charge is 0.276 e. The van der Waals surface area contributed by atoms with E-state index in [9.17, 15) is 13.2 Å². The number of ether oxygens (including phenoxy) is 1. The molecule has 0 radical (unpaired) electrons. The number of rotatable bonds is 7. The van der Waals surface area contributed by atoms with E-state index in [1.54, 1.807) is 18.5 Å². The summed E-state index contributed by atoms with van der Waals surface area (Å²) in [6, 6.07) is 9.00. The molecule has 4 N–H and O–H groups in total. The van der Waals surface area contributed by atoms with Crippen molar-refractivity contribution in [3.63, 3.8) is 0 Å². The molecule has 0 aliphatic carbocycles. The molecule has 0 aliphatic heterocycles. The summed E-state index contributed by atoms with van der Waals surface area (Å²) in [6.45, 7) is 1.53. The number of hydrogen-bond donors (Lipinski definition) is 4. The monoisotopic (exact) mass is 482 g/mol. The molecule has 0 aliphatic rings. The standard InChI is InChI=1S/C19H19BrN2O6S/c1-13-10-14(20)11-17(19(24)22-25)18(13)21-12-29(26,27)16-6-4-15(5-7-16)28-9-3-2-8-23/h4-7,10-11,21,23,25H,8-9,12H2,1H3,(H,22,24). The highest BCUT2D eigenvalue weighted by atomic mass is 79.9. The minimum absolute atomic E-state index is 0.0710. The average Bonchev–Trinajstić information content (AvgIpc) is 2.69. The van der Waals surface area contributed by atoms with Crippen molar-refractivity contribution in [2.45, 2.75) is 11.8 Å². The van der Waals surface area contributed by atoms with Gasteiger partial charge in [0.1, 0.15) is 24.8 Å². The molecule has 2 rings (SSSR count). The number of halogens is 1. The summed E-state index contributed by atoms with van der Waals surface area (Å²) in [6.07, 6.45) is 0. The lowest BCUT2D eigenvalue weighted by Crippen LogP contribution is -2.23. The molecule has 0 saturated heterocycles. The Balaban J connectivity index is 2.15. The Labute approximate surface area is 176 Å². The largest absolute Gasteiger partial charge is 0.481 e. The molecule has 2 aromatic carbocycles. The number of nitrogens with one attached hydrogen (secondary N) is 2. The average molecular weight is 483 g/mol.